The minimum absolute atomic E-state index is 0.00852. The molecular formula is C15H21ClN2O2. The van der Waals surface area contributed by atoms with E-state index in [1.54, 1.807) is 17.0 Å². The Balaban J connectivity index is 1.99. The van der Waals surface area contributed by atoms with Crippen LogP contribution in [0.3, 0.4) is 0 Å². The largest absolute Gasteiger partial charge is 0.483 e. The van der Waals surface area contributed by atoms with Crippen LogP contribution in [-0.4, -0.2) is 36.5 Å². The van der Waals surface area contributed by atoms with Crippen molar-refractivity contribution >= 4 is 17.5 Å². The lowest BCUT2D eigenvalue weighted by Crippen LogP contribution is -2.33. The lowest BCUT2D eigenvalue weighted by Gasteiger charge is -2.18. The monoisotopic (exact) mass is 296 g/mol. The number of hydrogen-bond donors (Lipinski definition) is 1. The molecule has 1 aliphatic rings. The Morgan fingerprint density at radius 3 is 2.85 bits per heavy atom. The first-order valence-electron chi connectivity index (χ1n) is 6.90. The van der Waals surface area contributed by atoms with Crippen LogP contribution in [-0.2, 0) is 11.2 Å². The molecule has 0 aliphatic heterocycles. The molecule has 1 fully saturated rings. The van der Waals surface area contributed by atoms with Crippen LogP contribution in [0.15, 0.2) is 18.2 Å². The number of benzene rings is 1. The Labute approximate surface area is 124 Å². The molecule has 0 bridgehead atoms. The maximum atomic E-state index is 11.9. The second-order valence-corrected chi connectivity index (χ2v) is 5.89. The van der Waals surface area contributed by atoms with E-state index >= 15 is 0 Å². The zero-order chi connectivity index (χ0) is 14.7. The first-order chi connectivity index (χ1) is 9.47. The molecule has 1 aliphatic carbocycles. The van der Waals surface area contributed by atoms with Gasteiger partial charge in [0.1, 0.15) is 5.75 Å². The first-order valence-corrected chi connectivity index (χ1v) is 7.27. The van der Waals surface area contributed by atoms with E-state index in [0.29, 0.717) is 23.2 Å². The molecule has 5 heteroatoms. The zero-order valence-corrected chi connectivity index (χ0v) is 12.7. The third-order valence-electron chi connectivity index (χ3n) is 3.40. The molecule has 0 radical (unpaired) electrons. The number of rotatable bonds is 6. The molecule has 1 unspecified atom stereocenters. The Kier molecular flexibility index (Phi) is 4.89. The summed E-state index contributed by atoms with van der Waals surface area (Å²) in [6.07, 6.45) is 2.86. The summed E-state index contributed by atoms with van der Waals surface area (Å²) in [4.78, 5) is 13.7. The van der Waals surface area contributed by atoms with E-state index in [1.807, 2.05) is 20.0 Å². The number of hydrogen-bond acceptors (Lipinski definition) is 3. The van der Waals surface area contributed by atoms with Crippen molar-refractivity contribution in [2.75, 3.05) is 13.7 Å². The van der Waals surface area contributed by atoms with Gasteiger partial charge in [-0.2, -0.15) is 0 Å². The third kappa shape index (κ3) is 4.12. The molecule has 1 saturated carbocycles. The van der Waals surface area contributed by atoms with Gasteiger partial charge >= 0.3 is 0 Å². The first kappa shape index (κ1) is 15.1. The Hall–Kier alpha value is -1.26. The Morgan fingerprint density at radius 1 is 1.55 bits per heavy atom. The number of nitrogens with two attached hydrogens (primary N) is 1. The Morgan fingerprint density at radius 2 is 2.25 bits per heavy atom. The molecule has 20 heavy (non-hydrogen) atoms. The van der Waals surface area contributed by atoms with E-state index in [-0.39, 0.29) is 18.6 Å². The second-order valence-electron chi connectivity index (χ2n) is 5.46. The summed E-state index contributed by atoms with van der Waals surface area (Å²) in [5, 5.41) is 0.648. The molecule has 110 valence electrons. The fourth-order valence-electron chi connectivity index (χ4n) is 2.10. The van der Waals surface area contributed by atoms with Crippen molar-refractivity contribution in [3.8, 4) is 5.75 Å². The summed E-state index contributed by atoms with van der Waals surface area (Å²) in [5.74, 6) is 0.693. The molecule has 2 rings (SSSR count). The molecule has 4 nitrogen and oxygen atoms in total. The smallest absolute Gasteiger partial charge is 0.260 e. The van der Waals surface area contributed by atoms with Crippen molar-refractivity contribution in [3.63, 3.8) is 0 Å². The van der Waals surface area contributed by atoms with Crippen LogP contribution in [0.2, 0.25) is 5.02 Å². The summed E-state index contributed by atoms with van der Waals surface area (Å²) in [5.41, 5.74) is 6.76. The topological polar surface area (TPSA) is 55.6 Å². The summed E-state index contributed by atoms with van der Waals surface area (Å²) >= 11 is 5.99. The highest BCUT2D eigenvalue weighted by Crippen LogP contribution is 2.26. The number of likely N-dealkylation sites (N-methyl/N-ethyl adjacent to an activating group) is 1. The highest BCUT2D eigenvalue weighted by molar-refractivity contribution is 6.30. The van der Waals surface area contributed by atoms with Crippen LogP contribution in [0.4, 0.5) is 0 Å². The predicted octanol–water partition coefficient (Wildman–Crippen LogP) is 2.23. The number of amides is 1. The lowest BCUT2D eigenvalue weighted by molar-refractivity contribution is -0.132. The van der Waals surface area contributed by atoms with Crippen LogP contribution in [0.25, 0.3) is 0 Å². The fourth-order valence-corrected chi connectivity index (χ4v) is 2.30. The van der Waals surface area contributed by atoms with Crippen molar-refractivity contribution < 1.29 is 9.53 Å². The van der Waals surface area contributed by atoms with E-state index in [1.165, 1.54) is 0 Å². The minimum atomic E-state index is 0.00852. The SMILES string of the molecule is CC(N)Cc1cc(Cl)ccc1OCC(=O)N(C)C1CC1. The van der Waals surface area contributed by atoms with Gasteiger partial charge in [0.05, 0.1) is 0 Å². The van der Waals surface area contributed by atoms with Crippen molar-refractivity contribution in [3.05, 3.63) is 28.8 Å². The average Bonchev–Trinajstić information content (AvgIpc) is 3.20. The molecule has 0 heterocycles. The summed E-state index contributed by atoms with van der Waals surface area (Å²) in [6.45, 7) is 1.98. The van der Waals surface area contributed by atoms with E-state index in [4.69, 9.17) is 22.1 Å². The van der Waals surface area contributed by atoms with E-state index in [2.05, 4.69) is 0 Å². The molecule has 1 aromatic rings. The van der Waals surface area contributed by atoms with Gasteiger partial charge in [0.25, 0.3) is 5.91 Å². The molecule has 0 saturated heterocycles. The Bertz CT molecular complexity index is 487. The normalized spacial score (nSPS) is 15.8. The summed E-state index contributed by atoms with van der Waals surface area (Å²) in [7, 11) is 1.83. The van der Waals surface area contributed by atoms with E-state index in [9.17, 15) is 4.79 Å². The summed E-state index contributed by atoms with van der Waals surface area (Å²) < 4.78 is 5.65. The van der Waals surface area contributed by atoms with Crippen molar-refractivity contribution in [1.29, 1.82) is 0 Å². The number of halogens is 1. The number of nitrogens with zero attached hydrogens (tertiary/aromatic N) is 1. The quantitative estimate of drug-likeness (QED) is 0.876. The van der Waals surface area contributed by atoms with Crippen LogP contribution in [0.1, 0.15) is 25.3 Å². The molecule has 1 aromatic carbocycles. The van der Waals surface area contributed by atoms with Gasteiger partial charge in [0.2, 0.25) is 0 Å². The zero-order valence-electron chi connectivity index (χ0n) is 11.9. The minimum Gasteiger partial charge on any atom is -0.483 e. The molecule has 2 N–H and O–H groups in total. The van der Waals surface area contributed by atoms with Gasteiger partial charge < -0.3 is 15.4 Å². The highest BCUT2D eigenvalue weighted by Gasteiger charge is 2.29. The maximum Gasteiger partial charge on any atom is 0.260 e. The number of carbonyl (C=O) groups is 1. The molecule has 1 amide bonds. The van der Waals surface area contributed by atoms with Gasteiger partial charge in [-0.05, 0) is 49.9 Å². The van der Waals surface area contributed by atoms with Crippen LogP contribution in [0.5, 0.6) is 5.75 Å². The number of carbonyl (C=O) groups excluding carboxylic acids is 1. The van der Waals surface area contributed by atoms with E-state index in [0.717, 1.165) is 18.4 Å². The highest BCUT2D eigenvalue weighted by atomic mass is 35.5. The van der Waals surface area contributed by atoms with E-state index < -0.39 is 0 Å². The average molecular weight is 297 g/mol. The molecular weight excluding hydrogens is 276 g/mol. The number of ether oxygens (including phenoxy) is 1. The lowest BCUT2D eigenvalue weighted by atomic mass is 10.1. The van der Waals surface area contributed by atoms with Crippen molar-refractivity contribution in [1.82, 2.24) is 4.90 Å². The second kappa shape index (κ2) is 6.46. The van der Waals surface area contributed by atoms with Gasteiger partial charge in [0.15, 0.2) is 6.61 Å². The molecule has 0 aromatic heterocycles. The van der Waals surface area contributed by atoms with Gasteiger partial charge in [-0.25, -0.2) is 0 Å². The third-order valence-corrected chi connectivity index (χ3v) is 3.64. The van der Waals surface area contributed by atoms with Crippen LogP contribution < -0.4 is 10.5 Å². The van der Waals surface area contributed by atoms with Gasteiger partial charge in [-0.15, -0.1) is 0 Å². The maximum absolute atomic E-state index is 11.9. The van der Waals surface area contributed by atoms with Crippen LogP contribution >= 0.6 is 11.6 Å². The van der Waals surface area contributed by atoms with Gasteiger partial charge in [0, 0.05) is 24.2 Å². The fraction of sp³-hybridized carbons (Fsp3) is 0.533. The summed E-state index contributed by atoms with van der Waals surface area (Å²) in [6, 6.07) is 5.82. The van der Waals surface area contributed by atoms with Crippen molar-refractivity contribution in [2.24, 2.45) is 5.73 Å². The van der Waals surface area contributed by atoms with Crippen molar-refractivity contribution in [2.45, 2.75) is 38.3 Å². The van der Waals surface area contributed by atoms with Gasteiger partial charge in [-0.3, -0.25) is 4.79 Å². The van der Waals surface area contributed by atoms with Crippen LogP contribution in [0, 0.1) is 0 Å². The van der Waals surface area contributed by atoms with Gasteiger partial charge in [-0.1, -0.05) is 11.6 Å². The molecule has 0 spiro atoms. The standard InChI is InChI=1S/C15H21ClN2O2/c1-10(17)7-11-8-12(16)3-6-14(11)20-9-15(19)18(2)13-4-5-13/h3,6,8,10,13H,4-5,7,9,17H2,1-2H3. The molecule has 1 atom stereocenters. The predicted molar refractivity (Wildman–Crippen MR) is 80.1 cm³/mol.